The zero-order valence-electron chi connectivity index (χ0n) is 15.9. The van der Waals surface area contributed by atoms with Crippen molar-refractivity contribution in [1.82, 2.24) is 9.80 Å². The van der Waals surface area contributed by atoms with Gasteiger partial charge in [0.25, 0.3) is 0 Å². The Balaban J connectivity index is 1.83. The Labute approximate surface area is 158 Å². The van der Waals surface area contributed by atoms with Crippen LogP contribution in [0.5, 0.6) is 5.75 Å². The van der Waals surface area contributed by atoms with Gasteiger partial charge in [0.1, 0.15) is 12.4 Å². The van der Waals surface area contributed by atoms with Gasteiger partial charge in [-0.05, 0) is 62.1 Å². The molecule has 0 spiro atoms. The van der Waals surface area contributed by atoms with E-state index in [1.54, 1.807) is 12.1 Å². The molecule has 0 fully saturated rings. The standard InChI is InChI=1S/C21H25F3N2O/c1-25(2)10-11-27-18-8-9-19-16(12-18)13-26(3)14-20(19)15-4-6-17(7-5-15)21(22,23)24/h4-9,12,20H,10-11,13-14H2,1-3H3. The van der Waals surface area contributed by atoms with Crippen LogP contribution < -0.4 is 4.74 Å². The number of likely N-dealkylation sites (N-methyl/N-ethyl adjacent to an activating group) is 2. The third-order valence-electron chi connectivity index (χ3n) is 4.87. The van der Waals surface area contributed by atoms with Crippen LogP contribution in [0.4, 0.5) is 13.2 Å². The molecule has 0 amide bonds. The molecular weight excluding hydrogens is 353 g/mol. The molecule has 6 heteroatoms. The molecule has 146 valence electrons. The normalized spacial score (nSPS) is 17.8. The van der Waals surface area contributed by atoms with Gasteiger partial charge in [0.15, 0.2) is 0 Å². The number of ether oxygens (including phenoxy) is 1. The van der Waals surface area contributed by atoms with Crippen molar-refractivity contribution in [2.45, 2.75) is 18.6 Å². The first-order valence-corrected chi connectivity index (χ1v) is 9.00. The first kappa shape index (κ1) is 19.7. The van der Waals surface area contributed by atoms with Crippen LogP contribution in [0, 0.1) is 0 Å². The van der Waals surface area contributed by atoms with Gasteiger partial charge in [0.05, 0.1) is 5.56 Å². The van der Waals surface area contributed by atoms with Crippen molar-refractivity contribution in [3.8, 4) is 5.75 Å². The lowest BCUT2D eigenvalue weighted by Gasteiger charge is -2.33. The van der Waals surface area contributed by atoms with E-state index in [-0.39, 0.29) is 5.92 Å². The summed E-state index contributed by atoms with van der Waals surface area (Å²) in [6, 6.07) is 11.6. The summed E-state index contributed by atoms with van der Waals surface area (Å²) in [5.74, 6) is 0.883. The van der Waals surface area contributed by atoms with Crippen LogP contribution >= 0.6 is 0 Å². The van der Waals surface area contributed by atoms with E-state index >= 15 is 0 Å². The summed E-state index contributed by atoms with van der Waals surface area (Å²) in [5.41, 5.74) is 2.61. The molecule has 0 N–H and O–H groups in total. The second kappa shape index (κ2) is 7.90. The van der Waals surface area contributed by atoms with Gasteiger partial charge >= 0.3 is 6.18 Å². The van der Waals surface area contributed by atoms with Crippen molar-refractivity contribution in [1.29, 1.82) is 0 Å². The van der Waals surface area contributed by atoms with Gasteiger partial charge in [0.2, 0.25) is 0 Å². The summed E-state index contributed by atoms with van der Waals surface area (Å²) in [4.78, 5) is 4.25. The Hall–Kier alpha value is -2.05. The Bertz CT molecular complexity index is 772. The van der Waals surface area contributed by atoms with Crippen molar-refractivity contribution in [3.05, 3.63) is 64.7 Å². The molecule has 1 atom stereocenters. The number of hydrogen-bond acceptors (Lipinski definition) is 3. The molecule has 2 aromatic carbocycles. The van der Waals surface area contributed by atoms with Crippen LogP contribution in [0.3, 0.4) is 0 Å². The van der Waals surface area contributed by atoms with Gasteiger partial charge in [-0.25, -0.2) is 0 Å². The molecule has 0 bridgehead atoms. The maximum absolute atomic E-state index is 12.8. The van der Waals surface area contributed by atoms with Crippen molar-refractivity contribution in [2.75, 3.05) is 40.8 Å². The number of benzene rings is 2. The fourth-order valence-corrected chi connectivity index (χ4v) is 3.45. The van der Waals surface area contributed by atoms with E-state index in [0.717, 1.165) is 42.1 Å². The monoisotopic (exact) mass is 378 g/mol. The van der Waals surface area contributed by atoms with Crippen molar-refractivity contribution >= 4 is 0 Å². The molecule has 0 aromatic heterocycles. The maximum Gasteiger partial charge on any atom is 0.416 e. The van der Waals surface area contributed by atoms with Crippen LogP contribution in [0.2, 0.25) is 0 Å². The van der Waals surface area contributed by atoms with Crippen LogP contribution in [0.1, 0.15) is 28.2 Å². The number of nitrogens with zero attached hydrogens (tertiary/aromatic N) is 2. The first-order valence-electron chi connectivity index (χ1n) is 9.00. The molecule has 1 aliphatic heterocycles. The van der Waals surface area contributed by atoms with E-state index in [0.29, 0.717) is 6.61 Å². The van der Waals surface area contributed by atoms with Crippen LogP contribution in [0.25, 0.3) is 0 Å². The third kappa shape index (κ3) is 4.82. The van der Waals surface area contributed by atoms with Gasteiger partial charge in [0, 0.05) is 25.6 Å². The van der Waals surface area contributed by atoms with Crippen molar-refractivity contribution < 1.29 is 17.9 Å². The van der Waals surface area contributed by atoms with E-state index in [1.165, 1.54) is 12.1 Å². The SMILES string of the molecule is CN(C)CCOc1ccc2c(c1)CN(C)CC2c1ccc(C(F)(F)F)cc1. The van der Waals surface area contributed by atoms with Gasteiger partial charge in [-0.15, -0.1) is 0 Å². The Morgan fingerprint density at radius 3 is 2.44 bits per heavy atom. The van der Waals surface area contributed by atoms with E-state index in [2.05, 4.69) is 21.9 Å². The zero-order chi connectivity index (χ0) is 19.6. The zero-order valence-corrected chi connectivity index (χ0v) is 15.9. The molecule has 0 aliphatic carbocycles. The summed E-state index contributed by atoms with van der Waals surface area (Å²) in [6.45, 7) is 3.03. The lowest BCUT2D eigenvalue weighted by Crippen LogP contribution is -2.31. The highest BCUT2D eigenvalue weighted by Gasteiger charge is 2.31. The average Bonchev–Trinajstić information content (AvgIpc) is 2.60. The molecular formula is C21H25F3N2O. The molecule has 0 saturated carbocycles. The predicted molar refractivity (Wildman–Crippen MR) is 100 cm³/mol. The van der Waals surface area contributed by atoms with Gasteiger partial charge in [-0.2, -0.15) is 13.2 Å². The lowest BCUT2D eigenvalue weighted by atomic mass is 9.84. The number of rotatable bonds is 5. The number of halogens is 3. The topological polar surface area (TPSA) is 15.7 Å². The summed E-state index contributed by atoms with van der Waals surface area (Å²) >= 11 is 0. The molecule has 27 heavy (non-hydrogen) atoms. The summed E-state index contributed by atoms with van der Waals surface area (Å²) in [5, 5.41) is 0. The van der Waals surface area contributed by atoms with Gasteiger partial charge in [-0.3, -0.25) is 0 Å². The van der Waals surface area contributed by atoms with Crippen molar-refractivity contribution in [2.24, 2.45) is 0 Å². The Morgan fingerprint density at radius 2 is 1.81 bits per heavy atom. The molecule has 1 heterocycles. The number of hydrogen-bond donors (Lipinski definition) is 0. The van der Waals surface area contributed by atoms with Crippen LogP contribution in [0.15, 0.2) is 42.5 Å². The highest BCUT2D eigenvalue weighted by atomic mass is 19.4. The smallest absolute Gasteiger partial charge is 0.416 e. The second-order valence-electron chi connectivity index (χ2n) is 7.38. The Morgan fingerprint density at radius 1 is 1.11 bits per heavy atom. The fraction of sp³-hybridized carbons (Fsp3) is 0.429. The minimum absolute atomic E-state index is 0.0526. The first-order chi connectivity index (χ1) is 12.7. The molecule has 1 unspecified atom stereocenters. The highest BCUT2D eigenvalue weighted by molar-refractivity contribution is 5.44. The summed E-state index contributed by atoms with van der Waals surface area (Å²) < 4.78 is 44.3. The van der Waals surface area contributed by atoms with E-state index in [9.17, 15) is 13.2 Å². The maximum atomic E-state index is 12.8. The van der Waals surface area contributed by atoms with Crippen LogP contribution in [-0.4, -0.2) is 50.6 Å². The van der Waals surface area contributed by atoms with Gasteiger partial charge < -0.3 is 14.5 Å². The molecule has 0 radical (unpaired) electrons. The van der Waals surface area contributed by atoms with Crippen LogP contribution in [-0.2, 0) is 12.7 Å². The number of alkyl halides is 3. The molecule has 2 aromatic rings. The number of fused-ring (bicyclic) bond motifs is 1. The molecule has 3 nitrogen and oxygen atoms in total. The predicted octanol–water partition coefficient (Wildman–Crippen LogP) is 4.22. The average molecular weight is 378 g/mol. The van der Waals surface area contributed by atoms with E-state index < -0.39 is 11.7 Å². The largest absolute Gasteiger partial charge is 0.492 e. The molecule has 3 rings (SSSR count). The quantitative estimate of drug-likeness (QED) is 0.775. The lowest BCUT2D eigenvalue weighted by molar-refractivity contribution is -0.137. The third-order valence-corrected chi connectivity index (χ3v) is 4.87. The summed E-state index contributed by atoms with van der Waals surface area (Å²) in [7, 11) is 6.03. The fourth-order valence-electron chi connectivity index (χ4n) is 3.45. The minimum atomic E-state index is -4.31. The van der Waals surface area contributed by atoms with Gasteiger partial charge in [-0.1, -0.05) is 18.2 Å². The molecule has 1 aliphatic rings. The van der Waals surface area contributed by atoms with E-state index in [4.69, 9.17) is 4.74 Å². The minimum Gasteiger partial charge on any atom is -0.492 e. The highest BCUT2D eigenvalue weighted by Crippen LogP contribution is 2.36. The molecule has 0 saturated heterocycles. The second-order valence-corrected chi connectivity index (χ2v) is 7.38. The summed E-state index contributed by atoms with van der Waals surface area (Å²) in [6.07, 6.45) is -4.31. The van der Waals surface area contributed by atoms with E-state index in [1.807, 2.05) is 27.2 Å². The van der Waals surface area contributed by atoms with Crippen molar-refractivity contribution in [3.63, 3.8) is 0 Å². The Kier molecular flexibility index (Phi) is 5.77.